The van der Waals surface area contributed by atoms with Crippen LogP contribution in [-0.4, -0.2) is 13.5 Å². The Labute approximate surface area is 137 Å². The van der Waals surface area contributed by atoms with E-state index in [0.29, 0.717) is 10.6 Å². The Morgan fingerprint density at radius 1 is 1.14 bits per heavy atom. The molecule has 0 saturated carbocycles. The van der Waals surface area contributed by atoms with Crippen LogP contribution in [0.1, 0.15) is 21.6 Å². The highest BCUT2D eigenvalue weighted by molar-refractivity contribution is 9.10. The summed E-state index contributed by atoms with van der Waals surface area (Å²) < 4.78 is 28.7. The van der Waals surface area contributed by atoms with E-state index in [4.69, 9.17) is 0 Å². The molecule has 0 bridgehead atoms. The summed E-state index contributed by atoms with van der Waals surface area (Å²) in [6.07, 6.45) is 0. The van der Waals surface area contributed by atoms with Crippen LogP contribution in [0.25, 0.3) is 0 Å². The third-order valence-corrected chi connectivity index (χ3v) is 6.64. The number of thiophene rings is 1. The van der Waals surface area contributed by atoms with Crippen LogP contribution in [0, 0.1) is 20.8 Å². The molecular weight excluding hydrogens is 374 g/mol. The van der Waals surface area contributed by atoms with E-state index >= 15 is 0 Å². The van der Waals surface area contributed by atoms with Gasteiger partial charge in [0.05, 0.1) is 12.3 Å². The topological polar surface area (TPSA) is 66.4 Å². The Morgan fingerprint density at radius 3 is 2.19 bits per heavy atom. The Bertz CT molecular complexity index is 759. The highest BCUT2D eigenvalue weighted by atomic mass is 79.9. The van der Waals surface area contributed by atoms with Gasteiger partial charge in [-0.15, -0.1) is 11.3 Å². The molecule has 1 heterocycles. The molecule has 0 aliphatic carbocycles. The van der Waals surface area contributed by atoms with Gasteiger partial charge < -0.3 is 5.11 Å². The zero-order chi connectivity index (χ0) is 15.8. The second kappa shape index (κ2) is 6.08. The van der Waals surface area contributed by atoms with Crippen LogP contribution in [-0.2, 0) is 16.6 Å². The van der Waals surface area contributed by atoms with E-state index in [1.807, 2.05) is 26.0 Å². The zero-order valence-electron chi connectivity index (χ0n) is 11.9. The SMILES string of the molecule is Cc1cc(S(=O)(=O)Nc2c(C)cc(Br)cc2C)sc1CO. The van der Waals surface area contributed by atoms with E-state index in [2.05, 4.69) is 20.7 Å². The van der Waals surface area contributed by atoms with Crippen LogP contribution < -0.4 is 4.72 Å². The van der Waals surface area contributed by atoms with Crippen molar-refractivity contribution in [3.63, 3.8) is 0 Å². The van der Waals surface area contributed by atoms with Crippen molar-refractivity contribution >= 4 is 43.0 Å². The molecule has 0 radical (unpaired) electrons. The molecule has 114 valence electrons. The number of aliphatic hydroxyl groups is 1. The van der Waals surface area contributed by atoms with Crippen molar-refractivity contribution in [3.05, 3.63) is 44.2 Å². The predicted octanol–water partition coefficient (Wildman–Crippen LogP) is 3.73. The van der Waals surface area contributed by atoms with Crippen molar-refractivity contribution in [1.29, 1.82) is 0 Å². The number of halogens is 1. The van der Waals surface area contributed by atoms with Gasteiger partial charge in [-0.25, -0.2) is 8.42 Å². The standard InChI is InChI=1S/C14H16BrNO3S2/c1-8-6-13(20-12(8)7-17)21(18,19)16-14-9(2)4-11(15)5-10(14)3/h4-6,16-17H,7H2,1-3H3. The van der Waals surface area contributed by atoms with Crippen molar-refractivity contribution in [3.8, 4) is 0 Å². The molecule has 2 rings (SSSR count). The molecule has 4 nitrogen and oxygen atoms in total. The Kier molecular flexibility index (Phi) is 4.77. The second-order valence-corrected chi connectivity index (χ2v) is 8.81. The maximum absolute atomic E-state index is 12.5. The summed E-state index contributed by atoms with van der Waals surface area (Å²) in [5.74, 6) is 0. The average molecular weight is 390 g/mol. The van der Waals surface area contributed by atoms with E-state index in [-0.39, 0.29) is 10.8 Å². The molecule has 0 fully saturated rings. The highest BCUT2D eigenvalue weighted by Crippen LogP contribution is 2.31. The number of hydrogen-bond acceptors (Lipinski definition) is 4. The summed E-state index contributed by atoms with van der Waals surface area (Å²) >= 11 is 4.48. The summed E-state index contributed by atoms with van der Waals surface area (Å²) in [7, 11) is -3.64. The number of anilines is 1. The van der Waals surface area contributed by atoms with Gasteiger partial charge in [-0.2, -0.15) is 0 Å². The molecule has 0 saturated heterocycles. The Morgan fingerprint density at radius 2 is 1.71 bits per heavy atom. The number of benzene rings is 1. The monoisotopic (exact) mass is 389 g/mol. The number of hydrogen-bond donors (Lipinski definition) is 2. The molecule has 0 aliphatic heterocycles. The maximum Gasteiger partial charge on any atom is 0.271 e. The van der Waals surface area contributed by atoms with Crippen molar-refractivity contribution in [2.75, 3.05) is 4.72 Å². The summed E-state index contributed by atoms with van der Waals surface area (Å²) in [6, 6.07) is 5.31. The minimum absolute atomic E-state index is 0.150. The van der Waals surface area contributed by atoms with Gasteiger partial charge in [0.2, 0.25) is 0 Å². The minimum atomic E-state index is -3.64. The van der Waals surface area contributed by atoms with E-state index in [1.165, 1.54) is 0 Å². The molecule has 2 N–H and O–H groups in total. The molecular formula is C14H16BrNO3S2. The van der Waals surface area contributed by atoms with Gasteiger partial charge in [-0.1, -0.05) is 15.9 Å². The van der Waals surface area contributed by atoms with Crippen LogP contribution in [0.5, 0.6) is 0 Å². The van der Waals surface area contributed by atoms with Gasteiger partial charge in [0.1, 0.15) is 4.21 Å². The molecule has 7 heteroatoms. The van der Waals surface area contributed by atoms with E-state index in [9.17, 15) is 13.5 Å². The van der Waals surface area contributed by atoms with Crippen molar-refractivity contribution in [1.82, 2.24) is 0 Å². The summed E-state index contributed by atoms with van der Waals surface area (Å²) in [6.45, 7) is 5.35. The van der Waals surface area contributed by atoms with E-state index in [0.717, 1.165) is 32.5 Å². The van der Waals surface area contributed by atoms with Crippen LogP contribution in [0.3, 0.4) is 0 Å². The molecule has 21 heavy (non-hydrogen) atoms. The first kappa shape index (κ1) is 16.5. The predicted molar refractivity (Wildman–Crippen MR) is 89.4 cm³/mol. The maximum atomic E-state index is 12.5. The van der Waals surface area contributed by atoms with Crippen molar-refractivity contribution < 1.29 is 13.5 Å². The third kappa shape index (κ3) is 3.48. The molecule has 0 aliphatic rings. The van der Waals surface area contributed by atoms with Crippen molar-refractivity contribution in [2.24, 2.45) is 0 Å². The lowest BCUT2D eigenvalue weighted by Gasteiger charge is -2.13. The molecule has 0 spiro atoms. The minimum Gasteiger partial charge on any atom is -0.391 e. The average Bonchev–Trinajstić information content (AvgIpc) is 2.76. The smallest absolute Gasteiger partial charge is 0.271 e. The van der Waals surface area contributed by atoms with Gasteiger partial charge in [0, 0.05) is 9.35 Å². The normalized spacial score (nSPS) is 11.7. The van der Waals surface area contributed by atoms with Gasteiger partial charge in [-0.05, 0) is 55.7 Å². The number of aryl methyl sites for hydroxylation is 3. The molecule has 0 atom stereocenters. The number of nitrogens with one attached hydrogen (secondary N) is 1. The van der Waals surface area contributed by atoms with Crippen LogP contribution in [0.4, 0.5) is 5.69 Å². The van der Waals surface area contributed by atoms with Gasteiger partial charge >= 0.3 is 0 Å². The highest BCUT2D eigenvalue weighted by Gasteiger charge is 2.20. The lowest BCUT2D eigenvalue weighted by Crippen LogP contribution is -2.13. The lowest BCUT2D eigenvalue weighted by atomic mass is 10.1. The first-order chi connectivity index (χ1) is 9.74. The van der Waals surface area contributed by atoms with E-state index in [1.54, 1.807) is 13.0 Å². The fraction of sp³-hybridized carbons (Fsp3) is 0.286. The van der Waals surface area contributed by atoms with Gasteiger partial charge in [0.15, 0.2) is 0 Å². The quantitative estimate of drug-likeness (QED) is 0.836. The molecule has 0 amide bonds. The summed E-state index contributed by atoms with van der Waals surface area (Å²) in [4.78, 5) is 0.666. The fourth-order valence-corrected chi connectivity index (χ4v) is 5.37. The molecule has 1 aromatic carbocycles. The fourth-order valence-electron chi connectivity index (χ4n) is 2.03. The molecule has 0 unspecified atom stereocenters. The van der Waals surface area contributed by atoms with Gasteiger partial charge in [0.25, 0.3) is 10.0 Å². The largest absolute Gasteiger partial charge is 0.391 e. The van der Waals surface area contributed by atoms with Crippen molar-refractivity contribution in [2.45, 2.75) is 31.6 Å². The van der Waals surface area contributed by atoms with Crippen LogP contribution in [0.15, 0.2) is 26.9 Å². The van der Waals surface area contributed by atoms with Crippen LogP contribution >= 0.6 is 27.3 Å². The summed E-state index contributed by atoms with van der Waals surface area (Å²) in [5.41, 5.74) is 3.07. The van der Waals surface area contributed by atoms with Gasteiger partial charge in [-0.3, -0.25) is 4.72 Å². The number of rotatable bonds is 4. The third-order valence-electron chi connectivity index (χ3n) is 3.14. The number of aliphatic hydroxyl groups excluding tert-OH is 1. The first-order valence-corrected chi connectivity index (χ1v) is 9.33. The lowest BCUT2D eigenvalue weighted by molar-refractivity contribution is 0.285. The Hall–Kier alpha value is -0.890. The zero-order valence-corrected chi connectivity index (χ0v) is 15.1. The van der Waals surface area contributed by atoms with E-state index < -0.39 is 10.0 Å². The molecule has 1 aromatic heterocycles. The van der Waals surface area contributed by atoms with Crippen LogP contribution in [0.2, 0.25) is 0 Å². The first-order valence-electron chi connectivity index (χ1n) is 6.24. The Balaban J connectivity index is 2.42. The second-order valence-electron chi connectivity index (χ2n) is 4.85. The molecule has 2 aromatic rings. The summed E-state index contributed by atoms with van der Waals surface area (Å²) in [5, 5.41) is 9.20. The number of sulfonamides is 1.